The first-order chi connectivity index (χ1) is 12.7. The predicted octanol–water partition coefficient (Wildman–Crippen LogP) is 2.53. The van der Waals surface area contributed by atoms with Crippen molar-refractivity contribution in [1.29, 1.82) is 0 Å². The summed E-state index contributed by atoms with van der Waals surface area (Å²) in [5, 5.41) is 6.85. The van der Waals surface area contributed by atoms with E-state index in [2.05, 4.69) is 46.0 Å². The van der Waals surface area contributed by atoms with Crippen LogP contribution in [0.5, 0.6) is 0 Å². The van der Waals surface area contributed by atoms with E-state index in [0.717, 1.165) is 38.4 Å². The number of nitrogens with one attached hydrogen (secondary N) is 2. The number of guanidine groups is 1. The van der Waals surface area contributed by atoms with E-state index in [0.29, 0.717) is 0 Å². The van der Waals surface area contributed by atoms with Gasteiger partial charge in [-0.2, -0.15) is 0 Å². The van der Waals surface area contributed by atoms with Crippen LogP contribution in [0.2, 0.25) is 0 Å². The SMILES string of the molecule is CN=C(NCCCCn1ccccc1=O)NCC1(c2ccccc2)CC1. The highest BCUT2D eigenvalue weighted by Crippen LogP contribution is 2.47. The van der Waals surface area contributed by atoms with Gasteiger partial charge in [-0.05, 0) is 37.3 Å². The third-order valence-electron chi connectivity index (χ3n) is 5.07. The zero-order valence-electron chi connectivity index (χ0n) is 15.4. The van der Waals surface area contributed by atoms with Crippen molar-refractivity contribution in [3.05, 3.63) is 70.6 Å². The number of aliphatic imine (C=N–C) groups is 1. The highest BCUT2D eigenvalue weighted by Gasteiger charge is 2.43. The minimum absolute atomic E-state index is 0.0635. The molecule has 26 heavy (non-hydrogen) atoms. The van der Waals surface area contributed by atoms with Crippen molar-refractivity contribution < 1.29 is 0 Å². The van der Waals surface area contributed by atoms with Crippen molar-refractivity contribution in [1.82, 2.24) is 15.2 Å². The van der Waals surface area contributed by atoms with E-state index in [1.807, 2.05) is 12.3 Å². The van der Waals surface area contributed by atoms with Gasteiger partial charge in [0.1, 0.15) is 0 Å². The van der Waals surface area contributed by atoms with Gasteiger partial charge in [0.25, 0.3) is 0 Å². The molecule has 5 nitrogen and oxygen atoms in total. The predicted molar refractivity (Wildman–Crippen MR) is 107 cm³/mol. The summed E-state index contributed by atoms with van der Waals surface area (Å²) >= 11 is 0. The Kier molecular flexibility index (Phi) is 6.10. The molecule has 138 valence electrons. The van der Waals surface area contributed by atoms with E-state index in [9.17, 15) is 4.79 Å². The molecule has 0 unspecified atom stereocenters. The molecular weight excluding hydrogens is 324 g/mol. The number of pyridine rings is 1. The third-order valence-corrected chi connectivity index (χ3v) is 5.07. The van der Waals surface area contributed by atoms with E-state index in [4.69, 9.17) is 0 Å². The van der Waals surface area contributed by atoms with E-state index in [1.165, 1.54) is 18.4 Å². The molecule has 0 saturated heterocycles. The summed E-state index contributed by atoms with van der Waals surface area (Å²) in [5.41, 5.74) is 1.75. The largest absolute Gasteiger partial charge is 0.356 e. The van der Waals surface area contributed by atoms with Gasteiger partial charge in [-0.15, -0.1) is 0 Å². The zero-order chi connectivity index (χ0) is 18.2. The van der Waals surface area contributed by atoms with Crippen LogP contribution in [0, 0.1) is 0 Å². The number of unbranched alkanes of at least 4 members (excludes halogenated alkanes) is 1. The van der Waals surface area contributed by atoms with Gasteiger partial charge < -0.3 is 15.2 Å². The summed E-state index contributed by atoms with van der Waals surface area (Å²) in [5.74, 6) is 0.851. The highest BCUT2D eigenvalue weighted by molar-refractivity contribution is 5.79. The van der Waals surface area contributed by atoms with Gasteiger partial charge in [0.05, 0.1) is 0 Å². The van der Waals surface area contributed by atoms with Crippen LogP contribution in [-0.2, 0) is 12.0 Å². The number of hydrogen-bond donors (Lipinski definition) is 2. The fourth-order valence-electron chi connectivity index (χ4n) is 3.24. The third kappa shape index (κ3) is 4.75. The molecule has 0 bridgehead atoms. The van der Waals surface area contributed by atoms with Crippen LogP contribution < -0.4 is 16.2 Å². The number of rotatable bonds is 8. The lowest BCUT2D eigenvalue weighted by atomic mass is 9.96. The average Bonchev–Trinajstić information content (AvgIpc) is 3.47. The zero-order valence-corrected chi connectivity index (χ0v) is 15.4. The Bertz CT molecular complexity index is 778. The Balaban J connectivity index is 1.38. The standard InChI is InChI=1S/C21H28N4O/c1-22-20(23-14-6-8-16-25-15-7-5-11-19(25)26)24-17-21(12-13-21)18-9-3-2-4-10-18/h2-5,7,9-11,15H,6,8,12-14,16-17H2,1H3,(H2,22,23,24). The molecule has 1 aromatic carbocycles. The molecule has 1 aliphatic carbocycles. The molecule has 3 rings (SSSR count). The van der Waals surface area contributed by atoms with Crippen molar-refractivity contribution in [2.24, 2.45) is 4.99 Å². The smallest absolute Gasteiger partial charge is 0.250 e. The van der Waals surface area contributed by atoms with Gasteiger partial charge >= 0.3 is 0 Å². The second kappa shape index (κ2) is 8.70. The lowest BCUT2D eigenvalue weighted by Crippen LogP contribution is -2.41. The number of benzene rings is 1. The van der Waals surface area contributed by atoms with Crippen molar-refractivity contribution in [3.8, 4) is 0 Å². The summed E-state index contributed by atoms with van der Waals surface area (Å²) in [7, 11) is 1.81. The number of aromatic nitrogens is 1. The van der Waals surface area contributed by atoms with Gasteiger partial charge in [0, 0.05) is 44.4 Å². The van der Waals surface area contributed by atoms with E-state index in [-0.39, 0.29) is 11.0 Å². The summed E-state index contributed by atoms with van der Waals surface area (Å²) in [6, 6.07) is 16.0. The molecule has 1 fully saturated rings. The first-order valence-electron chi connectivity index (χ1n) is 9.39. The van der Waals surface area contributed by atoms with Gasteiger partial charge in [0.15, 0.2) is 5.96 Å². The van der Waals surface area contributed by atoms with Crippen LogP contribution in [0.4, 0.5) is 0 Å². The van der Waals surface area contributed by atoms with E-state index in [1.54, 1.807) is 23.7 Å². The van der Waals surface area contributed by atoms with Crippen LogP contribution in [-0.4, -0.2) is 30.7 Å². The minimum Gasteiger partial charge on any atom is -0.356 e. The summed E-state index contributed by atoms with van der Waals surface area (Å²) in [6.45, 7) is 2.51. The molecule has 1 heterocycles. The Morgan fingerprint density at radius 2 is 1.85 bits per heavy atom. The minimum atomic E-state index is 0.0635. The topological polar surface area (TPSA) is 58.4 Å². The Morgan fingerprint density at radius 3 is 2.54 bits per heavy atom. The van der Waals surface area contributed by atoms with Crippen molar-refractivity contribution >= 4 is 5.96 Å². The van der Waals surface area contributed by atoms with Crippen LogP contribution in [0.25, 0.3) is 0 Å². The van der Waals surface area contributed by atoms with Crippen LogP contribution in [0.1, 0.15) is 31.2 Å². The van der Waals surface area contributed by atoms with Gasteiger partial charge in [0.2, 0.25) is 5.56 Å². The molecule has 0 atom stereocenters. The normalized spacial score (nSPS) is 15.5. The van der Waals surface area contributed by atoms with E-state index < -0.39 is 0 Å². The molecule has 1 saturated carbocycles. The molecule has 2 N–H and O–H groups in total. The first kappa shape index (κ1) is 18.2. The Labute approximate surface area is 155 Å². The number of aryl methyl sites for hydroxylation is 1. The lowest BCUT2D eigenvalue weighted by molar-refractivity contribution is 0.582. The van der Waals surface area contributed by atoms with Gasteiger partial charge in [-0.3, -0.25) is 9.79 Å². The summed E-state index contributed by atoms with van der Waals surface area (Å²) < 4.78 is 1.75. The molecule has 0 radical (unpaired) electrons. The molecule has 5 heteroatoms. The van der Waals surface area contributed by atoms with Gasteiger partial charge in [-0.25, -0.2) is 0 Å². The maximum Gasteiger partial charge on any atom is 0.250 e. The summed E-state index contributed by atoms with van der Waals surface area (Å²) in [4.78, 5) is 16.0. The summed E-state index contributed by atoms with van der Waals surface area (Å²) in [6.07, 6.45) is 6.25. The highest BCUT2D eigenvalue weighted by atomic mass is 16.1. The first-order valence-corrected chi connectivity index (χ1v) is 9.39. The second-order valence-corrected chi connectivity index (χ2v) is 6.94. The average molecular weight is 352 g/mol. The quantitative estimate of drug-likeness (QED) is 0.436. The fraction of sp³-hybridized carbons (Fsp3) is 0.429. The molecule has 1 aromatic heterocycles. The van der Waals surface area contributed by atoms with Crippen LogP contribution in [0.3, 0.4) is 0 Å². The molecule has 0 amide bonds. The van der Waals surface area contributed by atoms with Crippen molar-refractivity contribution in [3.63, 3.8) is 0 Å². The monoisotopic (exact) mass is 352 g/mol. The van der Waals surface area contributed by atoms with Crippen LogP contribution >= 0.6 is 0 Å². The van der Waals surface area contributed by atoms with Crippen molar-refractivity contribution in [2.75, 3.05) is 20.1 Å². The molecular formula is C21H28N4O. The van der Waals surface area contributed by atoms with Gasteiger partial charge in [-0.1, -0.05) is 36.4 Å². The van der Waals surface area contributed by atoms with E-state index >= 15 is 0 Å². The Hall–Kier alpha value is -2.56. The molecule has 0 spiro atoms. The molecule has 1 aliphatic rings. The molecule has 2 aromatic rings. The fourth-order valence-corrected chi connectivity index (χ4v) is 3.24. The maximum atomic E-state index is 11.7. The number of nitrogens with zero attached hydrogens (tertiary/aromatic N) is 2. The Morgan fingerprint density at radius 1 is 1.08 bits per heavy atom. The molecule has 0 aliphatic heterocycles. The second-order valence-electron chi connectivity index (χ2n) is 6.94. The maximum absolute atomic E-state index is 11.7. The van der Waals surface area contributed by atoms with Crippen LogP contribution in [0.15, 0.2) is 64.5 Å². The van der Waals surface area contributed by atoms with Crippen molar-refractivity contribution in [2.45, 2.75) is 37.6 Å². The number of hydrogen-bond acceptors (Lipinski definition) is 2. The lowest BCUT2D eigenvalue weighted by Gasteiger charge is -2.19.